The number of aliphatic carboxylic acids is 1. The van der Waals surface area contributed by atoms with Crippen molar-refractivity contribution in [3.63, 3.8) is 0 Å². The highest BCUT2D eigenvalue weighted by Crippen LogP contribution is 2.25. The summed E-state index contributed by atoms with van der Waals surface area (Å²) < 4.78 is 57.9. The zero-order chi connectivity index (χ0) is 26.8. The molecule has 4 rings (SSSR count). The molecular formula is C25H25F4N3O5. The van der Waals surface area contributed by atoms with E-state index in [1.807, 2.05) is 22.9 Å². The molecule has 2 heterocycles. The van der Waals surface area contributed by atoms with Crippen LogP contribution in [0.15, 0.2) is 60.8 Å². The lowest BCUT2D eigenvalue weighted by Gasteiger charge is -2.22. The van der Waals surface area contributed by atoms with E-state index in [1.165, 1.54) is 29.8 Å². The summed E-state index contributed by atoms with van der Waals surface area (Å²) in [6, 6.07) is 15.9. The number of carbonyl (C=O) groups excluding carboxylic acids is 1. The van der Waals surface area contributed by atoms with E-state index in [1.54, 1.807) is 0 Å². The van der Waals surface area contributed by atoms with Crippen molar-refractivity contribution < 1.29 is 41.7 Å². The normalized spacial score (nSPS) is 14.6. The second kappa shape index (κ2) is 12.9. The average molecular weight is 523 g/mol. The second-order valence-electron chi connectivity index (χ2n) is 7.99. The van der Waals surface area contributed by atoms with Gasteiger partial charge in [0.1, 0.15) is 17.7 Å². The third-order valence-corrected chi connectivity index (χ3v) is 5.19. The molecule has 198 valence electrons. The summed E-state index contributed by atoms with van der Waals surface area (Å²) in [7, 11) is 0. The van der Waals surface area contributed by atoms with E-state index in [4.69, 9.17) is 24.5 Å². The van der Waals surface area contributed by atoms with Crippen molar-refractivity contribution in [2.45, 2.75) is 31.7 Å². The van der Waals surface area contributed by atoms with E-state index in [0.29, 0.717) is 25.4 Å². The number of nitrogens with one attached hydrogen (secondary N) is 1. The molecule has 0 saturated heterocycles. The van der Waals surface area contributed by atoms with Gasteiger partial charge in [-0.2, -0.15) is 18.3 Å². The van der Waals surface area contributed by atoms with Crippen molar-refractivity contribution in [3.8, 4) is 5.75 Å². The van der Waals surface area contributed by atoms with Gasteiger partial charge in [0, 0.05) is 12.7 Å². The Balaban J connectivity index is 0.000000479. The molecule has 3 aromatic rings. The Morgan fingerprint density at radius 1 is 1.14 bits per heavy atom. The summed E-state index contributed by atoms with van der Waals surface area (Å²) in [5, 5.41) is 14.7. The van der Waals surface area contributed by atoms with E-state index in [-0.39, 0.29) is 30.9 Å². The number of halogens is 4. The van der Waals surface area contributed by atoms with Crippen molar-refractivity contribution in [2.75, 3.05) is 19.8 Å². The molecule has 12 heteroatoms. The number of ether oxygens (including phenoxy) is 2. The van der Waals surface area contributed by atoms with Gasteiger partial charge in [-0.15, -0.1) is 0 Å². The van der Waals surface area contributed by atoms with Gasteiger partial charge in [-0.05, 0) is 41.8 Å². The number of amides is 1. The molecule has 8 nitrogen and oxygen atoms in total. The number of fused-ring (bicyclic) bond motifs is 1. The third kappa shape index (κ3) is 8.90. The van der Waals surface area contributed by atoms with Crippen molar-refractivity contribution in [1.29, 1.82) is 0 Å². The van der Waals surface area contributed by atoms with Crippen molar-refractivity contribution in [2.24, 2.45) is 0 Å². The molecule has 1 aromatic heterocycles. The maximum atomic E-state index is 12.9. The lowest BCUT2D eigenvalue weighted by molar-refractivity contribution is -0.192. The van der Waals surface area contributed by atoms with Crippen LogP contribution in [0.2, 0.25) is 0 Å². The van der Waals surface area contributed by atoms with Gasteiger partial charge in [0.15, 0.2) is 0 Å². The van der Waals surface area contributed by atoms with Crippen LogP contribution >= 0.6 is 0 Å². The van der Waals surface area contributed by atoms with E-state index >= 15 is 0 Å². The minimum Gasteiger partial charge on any atom is -0.493 e. The molecule has 2 N–H and O–H groups in total. The van der Waals surface area contributed by atoms with Crippen LogP contribution in [0.5, 0.6) is 5.75 Å². The van der Waals surface area contributed by atoms with E-state index in [2.05, 4.69) is 23.6 Å². The fourth-order valence-electron chi connectivity index (χ4n) is 3.43. The predicted octanol–water partition coefficient (Wildman–Crippen LogP) is 3.90. The molecule has 1 unspecified atom stereocenters. The summed E-state index contributed by atoms with van der Waals surface area (Å²) in [6.07, 6.45) is -2.25. The summed E-state index contributed by atoms with van der Waals surface area (Å²) in [6.45, 7) is 1.90. The number of aromatic nitrogens is 2. The Labute approximate surface area is 209 Å². The molecule has 0 bridgehead atoms. The molecule has 1 aliphatic rings. The lowest BCUT2D eigenvalue weighted by atomic mass is 10.1. The van der Waals surface area contributed by atoms with Crippen LogP contribution in [0.25, 0.3) is 0 Å². The van der Waals surface area contributed by atoms with Crippen LogP contribution in [0.1, 0.15) is 29.3 Å². The maximum Gasteiger partial charge on any atom is 0.490 e. The van der Waals surface area contributed by atoms with Gasteiger partial charge >= 0.3 is 12.1 Å². The molecule has 1 atom stereocenters. The largest absolute Gasteiger partial charge is 0.493 e. The van der Waals surface area contributed by atoms with Gasteiger partial charge in [0.2, 0.25) is 5.91 Å². The molecule has 1 amide bonds. The summed E-state index contributed by atoms with van der Waals surface area (Å²) >= 11 is 0. The molecule has 1 aliphatic heterocycles. The molecule has 0 saturated carbocycles. The number of alkyl halides is 3. The fourth-order valence-corrected chi connectivity index (χ4v) is 3.43. The smallest absolute Gasteiger partial charge is 0.490 e. The van der Waals surface area contributed by atoms with Crippen molar-refractivity contribution in [1.82, 2.24) is 15.1 Å². The topological polar surface area (TPSA) is 103 Å². The standard InChI is InChI=1S/C23H24FN3O3.C2HF3O2/c24-19-6-8-20(9-7-19)29-13-11-22(28)25-14-21-23-18(10-12-30-21)16-27(26-23)15-17-4-2-1-3-5-17;3-2(4,5)1(6)7/h1-9,16,21H,10-15H2,(H,25,28);(H,6,7). The van der Waals surface area contributed by atoms with E-state index in [0.717, 1.165) is 17.7 Å². The van der Waals surface area contributed by atoms with Crippen LogP contribution in [0.4, 0.5) is 17.6 Å². The number of rotatable bonds is 8. The number of hydrogen-bond donors (Lipinski definition) is 2. The first-order chi connectivity index (χ1) is 17.6. The average Bonchev–Trinajstić information content (AvgIpc) is 3.27. The Hall–Kier alpha value is -3.93. The minimum atomic E-state index is -5.08. The lowest BCUT2D eigenvalue weighted by Crippen LogP contribution is -2.32. The van der Waals surface area contributed by atoms with Gasteiger partial charge < -0.3 is 19.9 Å². The highest BCUT2D eigenvalue weighted by molar-refractivity contribution is 5.76. The molecule has 0 aliphatic carbocycles. The number of hydrogen-bond acceptors (Lipinski definition) is 5. The monoisotopic (exact) mass is 523 g/mol. The molecule has 37 heavy (non-hydrogen) atoms. The quantitative estimate of drug-likeness (QED) is 0.435. The molecule has 0 spiro atoms. The SMILES string of the molecule is O=C(CCOc1ccc(F)cc1)NCC1OCCc2cn(Cc3ccccc3)nc21.O=C(O)C(F)(F)F. The van der Waals surface area contributed by atoms with Crippen LogP contribution in [0, 0.1) is 5.82 Å². The molecule has 0 radical (unpaired) electrons. The van der Waals surface area contributed by atoms with Crippen LogP contribution < -0.4 is 10.1 Å². The fraction of sp³-hybridized carbons (Fsp3) is 0.320. The Morgan fingerprint density at radius 2 is 1.81 bits per heavy atom. The summed E-state index contributed by atoms with van der Waals surface area (Å²) in [5.41, 5.74) is 3.24. The van der Waals surface area contributed by atoms with Gasteiger partial charge in [-0.3, -0.25) is 9.48 Å². The number of carboxylic acid groups (broad SMARTS) is 1. The van der Waals surface area contributed by atoms with Crippen molar-refractivity contribution in [3.05, 3.63) is 83.4 Å². The van der Waals surface area contributed by atoms with Gasteiger partial charge in [0.05, 0.1) is 31.9 Å². The predicted molar refractivity (Wildman–Crippen MR) is 123 cm³/mol. The zero-order valence-corrected chi connectivity index (χ0v) is 19.6. The molecular weight excluding hydrogens is 498 g/mol. The van der Waals surface area contributed by atoms with Crippen LogP contribution in [0.3, 0.4) is 0 Å². The van der Waals surface area contributed by atoms with Crippen LogP contribution in [-0.2, 0) is 27.3 Å². The number of benzene rings is 2. The Bertz CT molecular complexity index is 1170. The van der Waals surface area contributed by atoms with E-state index in [9.17, 15) is 22.4 Å². The first kappa shape index (κ1) is 27.7. The van der Waals surface area contributed by atoms with E-state index < -0.39 is 12.1 Å². The Kier molecular flexibility index (Phi) is 9.61. The van der Waals surface area contributed by atoms with Gasteiger partial charge in [0.25, 0.3) is 0 Å². The second-order valence-corrected chi connectivity index (χ2v) is 7.99. The van der Waals surface area contributed by atoms with Crippen molar-refractivity contribution >= 4 is 11.9 Å². The van der Waals surface area contributed by atoms with Gasteiger partial charge in [-0.1, -0.05) is 30.3 Å². The highest BCUT2D eigenvalue weighted by atomic mass is 19.4. The maximum absolute atomic E-state index is 12.9. The molecule has 2 aromatic carbocycles. The first-order valence-corrected chi connectivity index (χ1v) is 11.3. The first-order valence-electron chi connectivity index (χ1n) is 11.3. The summed E-state index contributed by atoms with van der Waals surface area (Å²) in [5.74, 6) is -2.67. The highest BCUT2D eigenvalue weighted by Gasteiger charge is 2.38. The van der Waals surface area contributed by atoms with Crippen LogP contribution in [-0.4, -0.2) is 52.7 Å². The number of carbonyl (C=O) groups is 2. The zero-order valence-electron chi connectivity index (χ0n) is 19.6. The number of nitrogens with zero attached hydrogens (tertiary/aromatic N) is 2. The van der Waals surface area contributed by atoms with Gasteiger partial charge in [-0.25, -0.2) is 9.18 Å². The number of carboxylic acids is 1. The molecule has 0 fully saturated rings. The third-order valence-electron chi connectivity index (χ3n) is 5.19. The Morgan fingerprint density at radius 3 is 2.46 bits per heavy atom. The summed E-state index contributed by atoms with van der Waals surface area (Å²) in [4.78, 5) is 21.1. The minimum absolute atomic E-state index is 0.128.